The number of piperidine rings is 3. The quantitative estimate of drug-likeness (QED) is 0.845. The van der Waals surface area contributed by atoms with Gasteiger partial charge in [-0.1, -0.05) is 11.3 Å². The molecule has 0 aliphatic carbocycles. The van der Waals surface area contributed by atoms with Crippen molar-refractivity contribution in [2.24, 2.45) is 10.9 Å². The molecule has 6 rings (SSSR count). The van der Waals surface area contributed by atoms with Crippen LogP contribution in [0, 0.1) is 5.92 Å². The summed E-state index contributed by atoms with van der Waals surface area (Å²) in [6.45, 7) is 6.29. The monoisotopic (exact) mass is 369 g/mol. The summed E-state index contributed by atoms with van der Waals surface area (Å²) in [6, 6.07) is 6.53. The van der Waals surface area contributed by atoms with E-state index in [-0.39, 0.29) is 5.60 Å². The van der Waals surface area contributed by atoms with Gasteiger partial charge in [-0.05, 0) is 25.1 Å². The molecule has 8 heteroatoms. The number of hydrogen-bond donors (Lipinski definition) is 1. The third-order valence-electron chi connectivity index (χ3n) is 5.85. The lowest BCUT2D eigenvalue weighted by Crippen LogP contribution is -2.69. The van der Waals surface area contributed by atoms with Crippen LogP contribution >= 0.6 is 11.3 Å². The first-order valence-electron chi connectivity index (χ1n) is 9.26. The molecule has 1 aromatic carbocycles. The van der Waals surface area contributed by atoms with E-state index in [9.17, 15) is 0 Å². The molecule has 1 N–H and O–H groups in total. The van der Waals surface area contributed by atoms with E-state index in [4.69, 9.17) is 17.5 Å². The molecule has 2 aromatic rings. The van der Waals surface area contributed by atoms with Gasteiger partial charge in [0.2, 0.25) is 0 Å². The van der Waals surface area contributed by atoms with Crippen molar-refractivity contribution in [2.75, 3.05) is 38.1 Å². The third kappa shape index (κ3) is 2.67. The standard InChI is InChI=1S/C18H22BN4O2S/c1-2-24-13-3-4-14-15(9-13)26-17(21-14)22-16-20-10-18(25-16)11-23(19)7-5-12(18)6-8-23/h3-4,9,12H,2,5-8,10-11H2,1H3,(H,20,21,22)/q+1. The first-order chi connectivity index (χ1) is 12.6. The van der Waals surface area contributed by atoms with Gasteiger partial charge in [-0.3, -0.25) is 5.32 Å². The fourth-order valence-corrected chi connectivity index (χ4v) is 5.44. The number of rotatable bonds is 3. The number of hydrogen-bond acceptors (Lipinski definition) is 6. The minimum Gasteiger partial charge on any atom is -0.494 e. The number of aliphatic imine (C=N–C) groups is 1. The van der Waals surface area contributed by atoms with E-state index in [1.165, 1.54) is 0 Å². The number of aromatic nitrogens is 1. The fraction of sp³-hybridized carbons (Fsp3) is 0.556. The Kier molecular flexibility index (Phi) is 3.69. The number of anilines is 1. The van der Waals surface area contributed by atoms with Crippen LogP contribution in [0.2, 0.25) is 0 Å². The maximum absolute atomic E-state index is 6.50. The van der Waals surface area contributed by atoms with Gasteiger partial charge in [0.1, 0.15) is 12.3 Å². The normalized spacial score (nSPS) is 32.7. The molecule has 3 saturated heterocycles. The average molecular weight is 369 g/mol. The maximum Gasteiger partial charge on any atom is 0.481 e. The first kappa shape index (κ1) is 16.4. The van der Waals surface area contributed by atoms with Gasteiger partial charge >= 0.3 is 7.98 Å². The van der Waals surface area contributed by atoms with Crippen LogP contribution < -0.4 is 10.1 Å². The van der Waals surface area contributed by atoms with Crippen molar-refractivity contribution in [3.63, 3.8) is 0 Å². The number of nitrogens with zero attached hydrogens (tertiary/aromatic N) is 3. The minimum absolute atomic E-state index is 0.230. The number of fused-ring (bicyclic) bond motifs is 3. The van der Waals surface area contributed by atoms with E-state index in [0.29, 0.717) is 29.5 Å². The SMILES string of the molecule is [B][N+]12CCC(CC1)C1(CN=C(Nc3nc4ccc(OCC)cc4s3)O1)C2. The summed E-state index contributed by atoms with van der Waals surface area (Å²) in [7, 11) is 6.50. The Bertz CT molecular complexity index is 877. The van der Waals surface area contributed by atoms with Crippen LogP contribution in [0.15, 0.2) is 23.2 Å². The van der Waals surface area contributed by atoms with Gasteiger partial charge in [0.15, 0.2) is 10.7 Å². The van der Waals surface area contributed by atoms with Gasteiger partial charge < -0.3 is 13.9 Å². The second-order valence-electron chi connectivity index (χ2n) is 7.59. The van der Waals surface area contributed by atoms with Crippen LogP contribution in [0.25, 0.3) is 10.2 Å². The zero-order chi connectivity index (χ0) is 17.8. The van der Waals surface area contributed by atoms with Gasteiger partial charge in [0.25, 0.3) is 6.02 Å². The molecule has 1 unspecified atom stereocenters. The van der Waals surface area contributed by atoms with E-state index in [2.05, 4.69) is 15.3 Å². The lowest BCUT2D eigenvalue weighted by atomic mass is 9.72. The lowest BCUT2D eigenvalue weighted by Gasteiger charge is -2.55. The second-order valence-corrected chi connectivity index (χ2v) is 8.62. The number of amidine groups is 1. The van der Waals surface area contributed by atoms with Crippen LogP contribution in [-0.2, 0) is 4.74 Å². The third-order valence-corrected chi connectivity index (χ3v) is 6.78. The van der Waals surface area contributed by atoms with Crippen molar-refractivity contribution >= 4 is 40.7 Å². The molecule has 1 spiro atoms. The van der Waals surface area contributed by atoms with Gasteiger partial charge in [-0.2, -0.15) is 0 Å². The van der Waals surface area contributed by atoms with E-state index in [1.807, 2.05) is 25.1 Å². The number of benzene rings is 1. The molecule has 4 aliphatic heterocycles. The highest BCUT2D eigenvalue weighted by molar-refractivity contribution is 7.22. The molecular weight excluding hydrogens is 347 g/mol. The van der Waals surface area contributed by atoms with E-state index >= 15 is 0 Å². The maximum atomic E-state index is 6.50. The number of quaternary nitrogens is 1. The molecule has 5 heterocycles. The molecule has 134 valence electrons. The van der Waals surface area contributed by atoms with Gasteiger partial charge in [0.05, 0.1) is 36.5 Å². The molecule has 0 amide bonds. The number of ether oxygens (including phenoxy) is 2. The second kappa shape index (κ2) is 5.86. The summed E-state index contributed by atoms with van der Waals surface area (Å²) < 4.78 is 13.6. The van der Waals surface area contributed by atoms with Crippen LogP contribution in [0.3, 0.4) is 0 Å². The van der Waals surface area contributed by atoms with Crippen molar-refractivity contribution in [3.8, 4) is 5.75 Å². The van der Waals surface area contributed by atoms with Crippen molar-refractivity contribution in [1.29, 1.82) is 0 Å². The van der Waals surface area contributed by atoms with Gasteiger partial charge in [-0.15, -0.1) is 0 Å². The van der Waals surface area contributed by atoms with Crippen molar-refractivity contribution < 1.29 is 13.9 Å². The van der Waals surface area contributed by atoms with E-state index in [1.54, 1.807) is 11.3 Å². The molecular formula is C18H22BN4O2S+. The summed E-state index contributed by atoms with van der Waals surface area (Å²) in [5.41, 5.74) is 0.718. The summed E-state index contributed by atoms with van der Waals surface area (Å²) >= 11 is 1.58. The van der Waals surface area contributed by atoms with Crippen LogP contribution in [0.4, 0.5) is 5.13 Å². The summed E-state index contributed by atoms with van der Waals surface area (Å²) in [6.07, 6.45) is 2.25. The van der Waals surface area contributed by atoms with E-state index in [0.717, 1.165) is 53.6 Å². The minimum atomic E-state index is -0.230. The van der Waals surface area contributed by atoms with Crippen LogP contribution in [0.5, 0.6) is 5.75 Å². The number of nitrogens with one attached hydrogen (secondary N) is 1. The van der Waals surface area contributed by atoms with E-state index < -0.39 is 0 Å². The van der Waals surface area contributed by atoms with Crippen molar-refractivity contribution in [2.45, 2.75) is 25.4 Å². The highest BCUT2D eigenvalue weighted by Crippen LogP contribution is 2.43. The summed E-state index contributed by atoms with van der Waals surface area (Å²) in [5.74, 6) is 1.42. The molecule has 2 radical (unpaired) electrons. The Morgan fingerprint density at radius 1 is 1.42 bits per heavy atom. The molecule has 3 fully saturated rings. The van der Waals surface area contributed by atoms with Crippen molar-refractivity contribution in [3.05, 3.63) is 18.2 Å². The Morgan fingerprint density at radius 3 is 3.04 bits per heavy atom. The molecule has 0 saturated carbocycles. The zero-order valence-corrected chi connectivity index (χ0v) is 15.7. The average Bonchev–Trinajstić information content (AvgIpc) is 3.19. The highest BCUT2D eigenvalue weighted by Gasteiger charge is 2.57. The number of thiazole rings is 1. The van der Waals surface area contributed by atoms with Crippen LogP contribution in [-0.4, -0.2) is 61.8 Å². The smallest absolute Gasteiger partial charge is 0.481 e. The molecule has 6 nitrogen and oxygen atoms in total. The molecule has 1 atom stereocenters. The Hall–Kier alpha value is -1.80. The topological polar surface area (TPSA) is 55.7 Å². The Morgan fingerprint density at radius 2 is 2.27 bits per heavy atom. The molecule has 26 heavy (non-hydrogen) atoms. The van der Waals surface area contributed by atoms with Crippen LogP contribution in [0.1, 0.15) is 19.8 Å². The molecule has 1 aromatic heterocycles. The Balaban J connectivity index is 1.32. The Labute approximate surface area is 158 Å². The van der Waals surface area contributed by atoms with Gasteiger partial charge in [0, 0.05) is 18.8 Å². The highest BCUT2D eigenvalue weighted by atomic mass is 32.1. The fourth-order valence-electron chi connectivity index (χ4n) is 4.56. The van der Waals surface area contributed by atoms with Crippen molar-refractivity contribution in [1.82, 2.24) is 4.98 Å². The molecule has 2 bridgehead atoms. The predicted molar refractivity (Wildman–Crippen MR) is 104 cm³/mol. The lowest BCUT2D eigenvalue weighted by molar-refractivity contribution is -0.845. The first-order valence-corrected chi connectivity index (χ1v) is 10.1. The largest absolute Gasteiger partial charge is 0.494 e. The van der Waals surface area contributed by atoms with Gasteiger partial charge in [-0.25, -0.2) is 9.98 Å². The summed E-state index contributed by atoms with van der Waals surface area (Å²) in [5, 5.41) is 4.07. The molecule has 4 aliphatic rings. The zero-order valence-electron chi connectivity index (χ0n) is 14.9. The summed E-state index contributed by atoms with van der Waals surface area (Å²) in [4.78, 5) is 9.27. The predicted octanol–water partition coefficient (Wildman–Crippen LogP) is 2.56.